The summed E-state index contributed by atoms with van der Waals surface area (Å²) in [4.78, 5) is 23.3. The van der Waals surface area contributed by atoms with E-state index < -0.39 is 11.9 Å². The lowest BCUT2D eigenvalue weighted by Crippen LogP contribution is -2.11. The van der Waals surface area contributed by atoms with Crippen LogP contribution < -0.4 is 4.74 Å². The van der Waals surface area contributed by atoms with Crippen molar-refractivity contribution in [2.24, 2.45) is 0 Å². The molecule has 0 amide bonds. The summed E-state index contributed by atoms with van der Waals surface area (Å²) in [5.74, 6) is -0.567. The van der Waals surface area contributed by atoms with Gasteiger partial charge in [-0.1, -0.05) is 17.3 Å². The topological polar surface area (TPSA) is 78.6 Å². The summed E-state index contributed by atoms with van der Waals surface area (Å²) in [5.41, 5.74) is 1.53. The van der Waals surface area contributed by atoms with E-state index in [9.17, 15) is 9.59 Å². The summed E-state index contributed by atoms with van der Waals surface area (Å²) in [6.07, 6.45) is -0.00420. The Hall–Kier alpha value is -3.15. The lowest BCUT2D eigenvalue weighted by molar-refractivity contribution is -0.133. The first-order chi connectivity index (χ1) is 11.2. The van der Waals surface area contributed by atoms with Gasteiger partial charge in [0, 0.05) is 5.39 Å². The van der Waals surface area contributed by atoms with E-state index in [2.05, 4.69) is 9.89 Å². The number of ether oxygens (including phenoxy) is 2. The Bertz CT molecular complexity index is 851. The van der Waals surface area contributed by atoms with Gasteiger partial charge in [-0.3, -0.25) is 4.79 Å². The average molecular weight is 311 g/mol. The highest BCUT2D eigenvalue weighted by Gasteiger charge is 2.14. The van der Waals surface area contributed by atoms with Crippen LogP contribution in [0.15, 0.2) is 53.1 Å². The van der Waals surface area contributed by atoms with Gasteiger partial charge in [0.2, 0.25) is 0 Å². The number of carbonyl (C=O) groups is 2. The van der Waals surface area contributed by atoms with Crippen LogP contribution in [0.5, 0.6) is 5.75 Å². The summed E-state index contributed by atoms with van der Waals surface area (Å²) in [6, 6.07) is 13.4. The summed E-state index contributed by atoms with van der Waals surface area (Å²) in [6.45, 7) is 0. The zero-order valence-electron chi connectivity index (χ0n) is 12.3. The fraction of sp³-hybridized carbons (Fsp3) is 0.118. The van der Waals surface area contributed by atoms with Crippen LogP contribution in [-0.4, -0.2) is 24.2 Å². The molecule has 1 heterocycles. The van der Waals surface area contributed by atoms with Gasteiger partial charge in [0.05, 0.1) is 19.1 Å². The van der Waals surface area contributed by atoms with Crippen molar-refractivity contribution in [1.29, 1.82) is 0 Å². The van der Waals surface area contributed by atoms with Crippen molar-refractivity contribution in [1.82, 2.24) is 5.16 Å². The van der Waals surface area contributed by atoms with Crippen molar-refractivity contribution in [3.8, 4) is 5.75 Å². The predicted molar refractivity (Wildman–Crippen MR) is 81.1 cm³/mol. The zero-order chi connectivity index (χ0) is 16.2. The molecule has 0 bridgehead atoms. The molecule has 116 valence electrons. The van der Waals surface area contributed by atoms with Crippen LogP contribution in [0.1, 0.15) is 16.1 Å². The van der Waals surface area contributed by atoms with E-state index in [0.717, 1.165) is 5.39 Å². The van der Waals surface area contributed by atoms with Crippen LogP contribution in [-0.2, 0) is 16.0 Å². The highest BCUT2D eigenvalue weighted by Crippen LogP contribution is 2.19. The number of para-hydroxylation sites is 1. The first kappa shape index (κ1) is 14.8. The summed E-state index contributed by atoms with van der Waals surface area (Å²) in [7, 11) is 1.30. The van der Waals surface area contributed by atoms with Crippen LogP contribution in [0.2, 0.25) is 0 Å². The third-order valence-corrected chi connectivity index (χ3v) is 3.27. The van der Waals surface area contributed by atoms with Crippen LogP contribution >= 0.6 is 0 Å². The number of hydrogen-bond donors (Lipinski definition) is 0. The second-order valence-electron chi connectivity index (χ2n) is 4.79. The van der Waals surface area contributed by atoms with E-state index in [1.165, 1.54) is 31.4 Å². The SMILES string of the molecule is COC(=O)c1ccc(OC(=O)Cc2noc3ccccc23)cc1. The fourth-order valence-electron chi connectivity index (χ4n) is 2.15. The quantitative estimate of drug-likeness (QED) is 0.544. The number of rotatable bonds is 4. The monoisotopic (exact) mass is 311 g/mol. The van der Waals surface area contributed by atoms with Crippen molar-refractivity contribution in [3.63, 3.8) is 0 Å². The van der Waals surface area contributed by atoms with Gasteiger partial charge < -0.3 is 14.0 Å². The van der Waals surface area contributed by atoms with Crippen molar-refractivity contribution in [3.05, 3.63) is 59.8 Å². The molecule has 23 heavy (non-hydrogen) atoms. The highest BCUT2D eigenvalue weighted by molar-refractivity contribution is 5.89. The lowest BCUT2D eigenvalue weighted by atomic mass is 10.2. The molecule has 0 atom stereocenters. The Labute approximate surface area is 131 Å². The van der Waals surface area contributed by atoms with Crippen molar-refractivity contribution < 1.29 is 23.6 Å². The predicted octanol–water partition coefficient (Wildman–Crippen LogP) is 2.76. The zero-order valence-corrected chi connectivity index (χ0v) is 12.3. The number of aromatic nitrogens is 1. The van der Waals surface area contributed by atoms with Crippen LogP contribution in [0.4, 0.5) is 0 Å². The molecule has 0 radical (unpaired) electrons. The normalized spacial score (nSPS) is 10.5. The van der Waals surface area contributed by atoms with Crippen molar-refractivity contribution in [2.75, 3.05) is 7.11 Å². The van der Waals surface area contributed by atoms with Gasteiger partial charge in [-0.2, -0.15) is 0 Å². The Morgan fingerprint density at radius 3 is 2.57 bits per heavy atom. The number of methoxy groups -OCH3 is 1. The van der Waals surface area contributed by atoms with E-state index in [4.69, 9.17) is 9.26 Å². The number of carbonyl (C=O) groups excluding carboxylic acids is 2. The Kier molecular flexibility index (Phi) is 4.05. The largest absolute Gasteiger partial charge is 0.465 e. The van der Waals surface area contributed by atoms with E-state index >= 15 is 0 Å². The van der Waals surface area contributed by atoms with Gasteiger partial charge in [0.25, 0.3) is 0 Å². The highest BCUT2D eigenvalue weighted by atomic mass is 16.5. The molecule has 0 fully saturated rings. The van der Waals surface area contributed by atoms with Crippen molar-refractivity contribution in [2.45, 2.75) is 6.42 Å². The second-order valence-corrected chi connectivity index (χ2v) is 4.79. The molecule has 0 N–H and O–H groups in total. The van der Waals surface area contributed by atoms with Gasteiger partial charge in [-0.05, 0) is 36.4 Å². The molecule has 3 aromatic rings. The molecule has 0 aliphatic rings. The minimum Gasteiger partial charge on any atom is -0.465 e. The first-order valence-corrected chi connectivity index (χ1v) is 6.89. The van der Waals surface area contributed by atoms with Gasteiger partial charge >= 0.3 is 11.9 Å². The molecule has 0 unspecified atom stereocenters. The molecule has 0 saturated carbocycles. The van der Waals surface area contributed by atoms with Crippen LogP contribution in [0.3, 0.4) is 0 Å². The summed E-state index contributed by atoms with van der Waals surface area (Å²) < 4.78 is 15.0. The second kappa shape index (κ2) is 6.31. The van der Waals surface area contributed by atoms with Gasteiger partial charge in [0.1, 0.15) is 11.4 Å². The molecule has 0 saturated heterocycles. The van der Waals surface area contributed by atoms with Gasteiger partial charge in [0.15, 0.2) is 5.58 Å². The smallest absolute Gasteiger partial charge is 0.337 e. The maximum absolute atomic E-state index is 12.0. The average Bonchev–Trinajstić information content (AvgIpc) is 2.98. The number of nitrogens with zero attached hydrogens (tertiary/aromatic N) is 1. The minimum absolute atomic E-state index is 0.00420. The number of benzene rings is 2. The molecular weight excluding hydrogens is 298 g/mol. The molecule has 6 nitrogen and oxygen atoms in total. The van der Waals surface area contributed by atoms with E-state index in [0.29, 0.717) is 22.6 Å². The standard InChI is InChI=1S/C17H13NO5/c1-21-17(20)11-6-8-12(9-7-11)22-16(19)10-14-13-4-2-3-5-15(13)23-18-14/h2-9H,10H2,1H3. The molecular formula is C17H13NO5. The maximum Gasteiger partial charge on any atom is 0.337 e. The third kappa shape index (κ3) is 3.21. The third-order valence-electron chi connectivity index (χ3n) is 3.27. The Morgan fingerprint density at radius 1 is 1.09 bits per heavy atom. The minimum atomic E-state index is -0.463. The van der Waals surface area contributed by atoms with E-state index in [1.807, 2.05) is 18.2 Å². The summed E-state index contributed by atoms with van der Waals surface area (Å²) >= 11 is 0. The molecule has 0 spiro atoms. The van der Waals surface area contributed by atoms with Gasteiger partial charge in [-0.25, -0.2) is 4.79 Å². The maximum atomic E-state index is 12.0. The number of fused-ring (bicyclic) bond motifs is 1. The Morgan fingerprint density at radius 2 is 1.83 bits per heavy atom. The van der Waals surface area contributed by atoms with Crippen molar-refractivity contribution >= 4 is 22.9 Å². The van der Waals surface area contributed by atoms with Crippen LogP contribution in [0, 0.1) is 0 Å². The number of hydrogen-bond acceptors (Lipinski definition) is 6. The molecule has 6 heteroatoms. The molecule has 3 rings (SSSR count). The first-order valence-electron chi connectivity index (χ1n) is 6.89. The fourth-order valence-corrected chi connectivity index (χ4v) is 2.15. The Balaban J connectivity index is 1.68. The van der Waals surface area contributed by atoms with E-state index in [-0.39, 0.29) is 6.42 Å². The lowest BCUT2D eigenvalue weighted by Gasteiger charge is -2.04. The van der Waals surface area contributed by atoms with Crippen LogP contribution in [0.25, 0.3) is 11.0 Å². The van der Waals surface area contributed by atoms with Gasteiger partial charge in [-0.15, -0.1) is 0 Å². The molecule has 0 aliphatic heterocycles. The molecule has 1 aromatic heterocycles. The number of esters is 2. The molecule has 0 aliphatic carbocycles. The van der Waals surface area contributed by atoms with E-state index in [1.54, 1.807) is 6.07 Å². The molecule has 2 aromatic carbocycles. The summed E-state index contributed by atoms with van der Waals surface area (Å²) in [5, 5.41) is 4.67.